The highest BCUT2D eigenvalue weighted by Gasteiger charge is 2.36. The van der Waals surface area contributed by atoms with E-state index in [4.69, 9.17) is 14.2 Å². The molecule has 25 heavy (non-hydrogen) atoms. The van der Waals surface area contributed by atoms with Crippen LogP contribution in [0.25, 0.3) is 22.9 Å². The Bertz CT molecular complexity index is 1090. The van der Waals surface area contributed by atoms with Crippen LogP contribution in [0.2, 0.25) is 0 Å². The van der Waals surface area contributed by atoms with Crippen molar-refractivity contribution in [2.45, 2.75) is 0 Å². The zero-order valence-electron chi connectivity index (χ0n) is 13.8. The van der Waals surface area contributed by atoms with E-state index in [1.807, 2.05) is 7.05 Å². The molecule has 3 aliphatic rings. The van der Waals surface area contributed by atoms with Crippen LogP contribution in [0.1, 0.15) is 10.4 Å². The van der Waals surface area contributed by atoms with E-state index >= 15 is 0 Å². The monoisotopic (exact) mass is 338 g/mol. The number of phenolic OH excluding ortho intramolecular Hbond substituents is 1. The maximum absolute atomic E-state index is 13.2. The van der Waals surface area contributed by atoms with Gasteiger partial charge in [-0.1, -0.05) is 0 Å². The quantitative estimate of drug-likeness (QED) is 0.727. The average molecular weight is 338 g/mol. The molecule has 2 aromatic rings. The number of carbonyl (C=O) groups is 1. The van der Waals surface area contributed by atoms with Gasteiger partial charge in [-0.15, -0.1) is 0 Å². The molecule has 0 radical (unpaired) electrons. The van der Waals surface area contributed by atoms with Crippen LogP contribution >= 0.6 is 0 Å². The Morgan fingerprint density at radius 3 is 2.60 bits per heavy atom. The number of hydrogen-bond donors (Lipinski definition) is 2. The SMILES string of the molecule is COc1cc2c3c(c1O)-c1cc4c(cc1C(=O)C=3[NH+](C)CC=2)OCO4. The molecule has 6 nitrogen and oxygen atoms in total. The topological polar surface area (TPSA) is 69.4 Å². The molecule has 1 atom stereocenters. The van der Waals surface area contributed by atoms with Crippen molar-refractivity contribution in [3.8, 4) is 34.1 Å². The molecule has 5 rings (SSSR count). The van der Waals surface area contributed by atoms with Crippen LogP contribution in [0.4, 0.5) is 0 Å². The van der Waals surface area contributed by atoms with E-state index in [0.29, 0.717) is 46.2 Å². The van der Waals surface area contributed by atoms with Crippen LogP contribution in [0.15, 0.2) is 18.2 Å². The molecule has 126 valence electrons. The number of methoxy groups -OCH3 is 1. The second-order valence-corrected chi connectivity index (χ2v) is 6.41. The molecule has 2 aliphatic heterocycles. The van der Waals surface area contributed by atoms with Gasteiger partial charge in [0, 0.05) is 16.7 Å². The number of benzene rings is 2. The molecule has 0 saturated heterocycles. The second kappa shape index (κ2) is 4.77. The largest absolute Gasteiger partial charge is 0.504 e. The van der Waals surface area contributed by atoms with Gasteiger partial charge in [0.05, 0.1) is 19.4 Å². The summed E-state index contributed by atoms with van der Waals surface area (Å²) in [6.07, 6.45) is 2.06. The minimum atomic E-state index is -0.0442. The lowest BCUT2D eigenvalue weighted by atomic mass is 9.85. The van der Waals surface area contributed by atoms with E-state index < -0.39 is 0 Å². The summed E-state index contributed by atoms with van der Waals surface area (Å²) in [5.41, 5.74) is 2.45. The fourth-order valence-corrected chi connectivity index (χ4v) is 3.87. The van der Waals surface area contributed by atoms with Crippen molar-refractivity contribution in [1.82, 2.24) is 0 Å². The van der Waals surface area contributed by atoms with Gasteiger partial charge in [-0.2, -0.15) is 0 Å². The van der Waals surface area contributed by atoms with Gasteiger partial charge in [-0.25, -0.2) is 0 Å². The zero-order chi connectivity index (χ0) is 17.3. The summed E-state index contributed by atoms with van der Waals surface area (Å²) in [4.78, 5) is 14.2. The lowest BCUT2D eigenvalue weighted by Gasteiger charge is -2.25. The highest BCUT2D eigenvalue weighted by Crippen LogP contribution is 2.43. The Kier molecular flexibility index (Phi) is 2.74. The van der Waals surface area contributed by atoms with Crippen molar-refractivity contribution in [2.75, 3.05) is 27.5 Å². The number of phenols is 1. The van der Waals surface area contributed by atoms with Crippen molar-refractivity contribution >= 4 is 17.6 Å². The van der Waals surface area contributed by atoms with Crippen LogP contribution < -0.4 is 29.5 Å². The Morgan fingerprint density at radius 1 is 1.16 bits per heavy atom. The van der Waals surface area contributed by atoms with Crippen LogP contribution in [0.3, 0.4) is 0 Å². The van der Waals surface area contributed by atoms with Gasteiger partial charge in [0.15, 0.2) is 28.7 Å². The van der Waals surface area contributed by atoms with E-state index in [1.165, 1.54) is 7.11 Å². The highest BCUT2D eigenvalue weighted by atomic mass is 16.7. The molecule has 0 saturated carbocycles. The third kappa shape index (κ3) is 1.74. The lowest BCUT2D eigenvalue weighted by molar-refractivity contribution is -0.792. The molecule has 0 aromatic heterocycles. The van der Waals surface area contributed by atoms with Gasteiger partial charge in [0.25, 0.3) is 0 Å². The minimum Gasteiger partial charge on any atom is -0.504 e. The van der Waals surface area contributed by atoms with Crippen molar-refractivity contribution in [2.24, 2.45) is 0 Å². The molecule has 6 heteroatoms. The number of nitrogens with one attached hydrogen (secondary N) is 1. The van der Waals surface area contributed by atoms with Gasteiger partial charge in [-0.3, -0.25) is 9.69 Å². The first-order valence-corrected chi connectivity index (χ1v) is 8.06. The molecule has 0 fully saturated rings. The van der Waals surface area contributed by atoms with E-state index in [9.17, 15) is 9.90 Å². The number of rotatable bonds is 1. The zero-order valence-corrected chi connectivity index (χ0v) is 13.8. The summed E-state index contributed by atoms with van der Waals surface area (Å²) in [6.45, 7) is 0.825. The van der Waals surface area contributed by atoms with Crippen LogP contribution in [-0.2, 0) is 0 Å². The fraction of sp³-hybridized carbons (Fsp3) is 0.211. The molecule has 0 amide bonds. The minimum absolute atomic E-state index is 0.0365. The van der Waals surface area contributed by atoms with Gasteiger partial charge in [0.2, 0.25) is 12.6 Å². The number of quaternary nitrogens is 1. The number of ketones is 1. The van der Waals surface area contributed by atoms with Gasteiger partial charge >= 0.3 is 0 Å². The summed E-state index contributed by atoms with van der Waals surface area (Å²) >= 11 is 0. The number of likely N-dealkylation sites (N-methyl/N-ethyl adjacent to an activating group) is 1. The lowest BCUT2D eigenvalue weighted by Crippen LogP contribution is -3.08. The predicted molar refractivity (Wildman–Crippen MR) is 89.4 cm³/mol. The maximum atomic E-state index is 13.2. The van der Waals surface area contributed by atoms with Crippen LogP contribution in [0, 0.1) is 0 Å². The summed E-state index contributed by atoms with van der Waals surface area (Å²) in [5, 5.41) is 12.5. The van der Waals surface area contributed by atoms with E-state index in [0.717, 1.165) is 15.3 Å². The summed E-state index contributed by atoms with van der Waals surface area (Å²) in [6, 6.07) is 5.26. The number of hydrogen-bond acceptors (Lipinski definition) is 5. The molecule has 1 unspecified atom stereocenters. The first-order valence-electron chi connectivity index (χ1n) is 8.06. The van der Waals surface area contributed by atoms with E-state index in [1.54, 1.807) is 18.2 Å². The van der Waals surface area contributed by atoms with E-state index in [-0.39, 0.29) is 18.3 Å². The summed E-state index contributed by atoms with van der Waals surface area (Å²) in [7, 11) is 3.48. The molecular weight excluding hydrogens is 322 g/mol. The first-order chi connectivity index (χ1) is 12.1. The third-order valence-electron chi connectivity index (χ3n) is 5.07. The molecule has 0 bridgehead atoms. The summed E-state index contributed by atoms with van der Waals surface area (Å²) in [5.74, 6) is 1.51. The Morgan fingerprint density at radius 2 is 1.88 bits per heavy atom. The average Bonchev–Trinajstić information content (AvgIpc) is 3.07. The van der Waals surface area contributed by atoms with Crippen molar-refractivity contribution < 1.29 is 29.0 Å². The summed E-state index contributed by atoms with van der Waals surface area (Å²) < 4.78 is 16.2. The molecule has 2 N–H and O–H groups in total. The normalized spacial score (nSPS) is 19.2. The van der Waals surface area contributed by atoms with Gasteiger partial charge < -0.3 is 19.3 Å². The Labute approximate surface area is 143 Å². The Balaban J connectivity index is 1.99. The third-order valence-corrected chi connectivity index (χ3v) is 5.07. The predicted octanol–water partition coefficient (Wildman–Crippen LogP) is -0.590. The highest BCUT2D eigenvalue weighted by molar-refractivity contribution is 6.27. The molecule has 2 heterocycles. The second-order valence-electron chi connectivity index (χ2n) is 6.41. The van der Waals surface area contributed by atoms with Crippen molar-refractivity contribution in [3.63, 3.8) is 0 Å². The van der Waals surface area contributed by atoms with Crippen molar-refractivity contribution in [3.05, 3.63) is 34.2 Å². The smallest absolute Gasteiger partial charge is 0.247 e. The number of ether oxygens (including phenoxy) is 3. The van der Waals surface area contributed by atoms with Crippen LogP contribution in [0.5, 0.6) is 23.0 Å². The standard InChI is InChI=1S/C19H15NO5/c1-20-4-3-9-5-14(23-2)19(22)16-10-6-12-13(25-8-24-12)7-11(10)18(21)17(20)15(9)16/h3,5-7,22H,4,8H2,1-2H3/p+1. The number of aromatic hydroxyl groups is 1. The van der Waals surface area contributed by atoms with Gasteiger partial charge in [-0.05, 0) is 29.5 Å². The molecule has 1 aliphatic carbocycles. The fourth-order valence-electron chi connectivity index (χ4n) is 3.87. The number of Topliss-reactive ketones (excluding diaryl/α,β-unsaturated/α-hetero) is 1. The van der Waals surface area contributed by atoms with E-state index in [2.05, 4.69) is 6.08 Å². The van der Waals surface area contributed by atoms with Crippen LogP contribution in [-0.4, -0.2) is 38.4 Å². The maximum Gasteiger partial charge on any atom is 0.247 e. The molecular formula is C19H16NO5+. The first kappa shape index (κ1) is 14.4. The number of carbonyl (C=O) groups excluding carboxylic acids is 1. The Hall–Kier alpha value is -2.99. The molecule has 2 aromatic carbocycles. The van der Waals surface area contributed by atoms with Gasteiger partial charge in [0.1, 0.15) is 6.54 Å². The van der Waals surface area contributed by atoms with Crippen molar-refractivity contribution in [1.29, 1.82) is 0 Å². The number of fused-ring (bicyclic) bond motifs is 3. The molecule has 0 spiro atoms.